The minimum atomic E-state index is -1.42. The van der Waals surface area contributed by atoms with Gasteiger partial charge in [-0.15, -0.1) is 0 Å². The monoisotopic (exact) mass is 519 g/mol. The molecule has 4 rings (SSSR count). The number of anilines is 1. The predicted molar refractivity (Wildman–Crippen MR) is 131 cm³/mol. The van der Waals surface area contributed by atoms with E-state index in [1.807, 2.05) is 18.7 Å². The molecule has 1 unspecified atom stereocenters. The summed E-state index contributed by atoms with van der Waals surface area (Å²) in [5.74, 6) is -4.12. The van der Waals surface area contributed by atoms with E-state index in [0.717, 1.165) is 0 Å². The lowest BCUT2D eigenvalue weighted by atomic mass is 10.0. The molecule has 8 nitrogen and oxygen atoms in total. The minimum absolute atomic E-state index is 0.0195. The Morgan fingerprint density at radius 1 is 1.11 bits per heavy atom. The lowest BCUT2D eigenvalue weighted by Gasteiger charge is -2.31. The summed E-state index contributed by atoms with van der Waals surface area (Å²) >= 11 is 0. The van der Waals surface area contributed by atoms with Crippen molar-refractivity contribution < 1.29 is 32.9 Å². The van der Waals surface area contributed by atoms with Gasteiger partial charge in [0, 0.05) is 37.0 Å². The number of carboxylic acids is 1. The molecule has 0 spiro atoms. The van der Waals surface area contributed by atoms with Crippen LogP contribution in [0.3, 0.4) is 0 Å². The number of pyridine rings is 2. The number of hydrogen-bond acceptors (Lipinski definition) is 6. The van der Waals surface area contributed by atoms with Crippen molar-refractivity contribution in [3.05, 3.63) is 68.8 Å². The number of benzene rings is 1. The van der Waals surface area contributed by atoms with E-state index < -0.39 is 40.5 Å². The number of carboxylic acid groups (broad SMARTS) is 1. The molecular formula is C26H28F3N3O5. The first kappa shape index (κ1) is 26.6. The van der Waals surface area contributed by atoms with Gasteiger partial charge in [-0.25, -0.2) is 22.9 Å². The number of rotatable bonds is 8. The van der Waals surface area contributed by atoms with E-state index in [-0.39, 0.29) is 42.0 Å². The van der Waals surface area contributed by atoms with Crippen molar-refractivity contribution >= 4 is 22.8 Å². The molecule has 1 saturated heterocycles. The van der Waals surface area contributed by atoms with Crippen molar-refractivity contribution in [1.82, 2.24) is 9.55 Å². The fraction of sp³-hybridized carbons (Fsp3) is 0.423. The van der Waals surface area contributed by atoms with Crippen LogP contribution in [0.5, 0.6) is 0 Å². The molecule has 1 aromatic carbocycles. The van der Waals surface area contributed by atoms with Gasteiger partial charge >= 0.3 is 5.97 Å². The van der Waals surface area contributed by atoms with Crippen LogP contribution < -0.4 is 10.3 Å². The van der Waals surface area contributed by atoms with Crippen LogP contribution in [-0.2, 0) is 17.6 Å². The Morgan fingerprint density at radius 2 is 1.76 bits per heavy atom. The Bertz CT molecular complexity index is 1360. The number of aromatic carboxylic acids is 1. The third-order valence-electron chi connectivity index (χ3n) is 6.67. The molecule has 3 aromatic rings. The Labute approximate surface area is 210 Å². The summed E-state index contributed by atoms with van der Waals surface area (Å²) in [7, 11) is 0. The number of carbonyl (C=O) groups is 1. The van der Waals surface area contributed by atoms with Gasteiger partial charge < -0.3 is 24.4 Å². The molecule has 1 atom stereocenters. The van der Waals surface area contributed by atoms with Gasteiger partial charge in [-0.05, 0) is 30.4 Å². The summed E-state index contributed by atoms with van der Waals surface area (Å²) in [6, 6.07) is 2.17. The number of aliphatic hydroxyl groups excluding tert-OH is 1. The van der Waals surface area contributed by atoms with Crippen molar-refractivity contribution in [2.24, 2.45) is 5.92 Å². The highest BCUT2D eigenvalue weighted by molar-refractivity contribution is 5.92. The van der Waals surface area contributed by atoms with Crippen molar-refractivity contribution in [2.45, 2.75) is 32.7 Å². The highest BCUT2D eigenvalue weighted by atomic mass is 19.1. The zero-order chi connectivity index (χ0) is 26.9. The van der Waals surface area contributed by atoms with Crippen LogP contribution in [0.15, 0.2) is 29.2 Å². The van der Waals surface area contributed by atoms with Crippen molar-refractivity contribution in [3.8, 4) is 0 Å². The van der Waals surface area contributed by atoms with Gasteiger partial charge in [-0.1, -0.05) is 13.8 Å². The lowest BCUT2D eigenvalue weighted by molar-refractivity contribution is 0.0694. The van der Waals surface area contributed by atoms with Crippen molar-refractivity contribution in [3.63, 3.8) is 0 Å². The number of ether oxygens (including phenoxy) is 1. The van der Waals surface area contributed by atoms with Crippen LogP contribution in [-0.4, -0.2) is 58.6 Å². The van der Waals surface area contributed by atoms with E-state index in [1.165, 1.54) is 16.8 Å². The fourth-order valence-electron chi connectivity index (χ4n) is 4.63. The fourth-order valence-corrected chi connectivity index (χ4v) is 4.63. The largest absolute Gasteiger partial charge is 0.477 e. The Balaban J connectivity index is 1.92. The van der Waals surface area contributed by atoms with Gasteiger partial charge in [0.25, 0.3) is 0 Å². The highest BCUT2D eigenvalue weighted by Crippen LogP contribution is 2.29. The standard InChI is InChI=1S/C26H28F3N3O5/c1-14(2)22(13-33)32-12-19(26(35)36)23(34)18-9-15(3-4-17-20(28)10-16(27)11-21(17)29)24(30-25(18)32)31-5-7-37-8-6-31/h9-12,14,22,33H,3-8,13H2,1-2H3,(H,35,36). The van der Waals surface area contributed by atoms with Crippen LogP contribution in [0.1, 0.15) is 41.4 Å². The molecule has 0 amide bonds. The van der Waals surface area contributed by atoms with E-state index in [1.54, 1.807) is 0 Å². The Hall–Kier alpha value is -3.44. The van der Waals surface area contributed by atoms with Crippen LogP contribution in [0.4, 0.5) is 19.0 Å². The maximum atomic E-state index is 14.3. The zero-order valence-electron chi connectivity index (χ0n) is 20.5. The number of fused-ring (bicyclic) bond motifs is 1. The number of aliphatic hydroxyl groups is 1. The van der Waals surface area contributed by atoms with E-state index in [4.69, 9.17) is 9.72 Å². The molecular weight excluding hydrogens is 491 g/mol. The number of halogens is 3. The number of hydrogen-bond donors (Lipinski definition) is 2. The smallest absolute Gasteiger partial charge is 0.341 e. The second-order valence-corrected chi connectivity index (χ2v) is 9.37. The minimum Gasteiger partial charge on any atom is -0.477 e. The molecule has 0 aliphatic carbocycles. The Kier molecular flexibility index (Phi) is 7.84. The second-order valence-electron chi connectivity index (χ2n) is 9.37. The molecule has 198 valence electrons. The Morgan fingerprint density at radius 3 is 2.32 bits per heavy atom. The summed E-state index contributed by atoms with van der Waals surface area (Å²) in [4.78, 5) is 31.7. The van der Waals surface area contributed by atoms with E-state index in [0.29, 0.717) is 49.8 Å². The molecule has 0 bridgehead atoms. The van der Waals surface area contributed by atoms with E-state index >= 15 is 0 Å². The molecule has 1 aliphatic rings. The average molecular weight is 520 g/mol. The molecule has 0 radical (unpaired) electrons. The van der Waals surface area contributed by atoms with Gasteiger partial charge in [0.15, 0.2) is 0 Å². The summed E-state index contributed by atoms with van der Waals surface area (Å²) < 4.78 is 49.0. The second kappa shape index (κ2) is 10.9. The molecule has 11 heteroatoms. The third kappa shape index (κ3) is 5.33. The first-order chi connectivity index (χ1) is 17.6. The molecule has 1 aliphatic heterocycles. The molecule has 3 heterocycles. The lowest BCUT2D eigenvalue weighted by Crippen LogP contribution is -2.37. The molecule has 1 fully saturated rings. The average Bonchev–Trinajstić information content (AvgIpc) is 2.85. The van der Waals surface area contributed by atoms with Crippen LogP contribution in [0, 0.1) is 23.4 Å². The van der Waals surface area contributed by atoms with Gasteiger partial charge in [0.1, 0.15) is 34.5 Å². The molecule has 2 aromatic heterocycles. The number of morpholine rings is 1. The van der Waals surface area contributed by atoms with Gasteiger partial charge in [-0.3, -0.25) is 4.79 Å². The van der Waals surface area contributed by atoms with E-state index in [9.17, 15) is 33.0 Å². The van der Waals surface area contributed by atoms with Crippen molar-refractivity contribution in [2.75, 3.05) is 37.8 Å². The topological polar surface area (TPSA) is 105 Å². The normalized spacial score (nSPS) is 14.9. The SMILES string of the molecule is CC(C)C(CO)n1cc(C(=O)O)c(=O)c2cc(CCc3c(F)cc(F)cc3F)c(N3CCOCC3)nc21. The molecule has 2 N–H and O–H groups in total. The predicted octanol–water partition coefficient (Wildman–Crippen LogP) is 3.32. The summed E-state index contributed by atoms with van der Waals surface area (Å²) in [6.07, 6.45) is 1.12. The zero-order valence-corrected chi connectivity index (χ0v) is 20.5. The highest BCUT2D eigenvalue weighted by Gasteiger charge is 2.25. The molecule has 37 heavy (non-hydrogen) atoms. The maximum Gasteiger partial charge on any atom is 0.341 e. The van der Waals surface area contributed by atoms with Crippen LogP contribution >= 0.6 is 0 Å². The van der Waals surface area contributed by atoms with Gasteiger partial charge in [-0.2, -0.15) is 0 Å². The maximum absolute atomic E-state index is 14.3. The molecule has 0 saturated carbocycles. The quantitative estimate of drug-likeness (QED) is 0.471. The number of aryl methyl sites for hydroxylation is 1. The summed E-state index contributed by atoms with van der Waals surface area (Å²) in [6.45, 7) is 5.22. The first-order valence-corrected chi connectivity index (χ1v) is 12.0. The van der Waals surface area contributed by atoms with Crippen LogP contribution in [0.2, 0.25) is 0 Å². The third-order valence-corrected chi connectivity index (χ3v) is 6.67. The van der Waals surface area contributed by atoms with Crippen LogP contribution in [0.25, 0.3) is 11.0 Å². The van der Waals surface area contributed by atoms with Gasteiger partial charge in [0.05, 0.1) is 31.2 Å². The van der Waals surface area contributed by atoms with Gasteiger partial charge in [0.2, 0.25) is 5.43 Å². The van der Waals surface area contributed by atoms with Crippen molar-refractivity contribution in [1.29, 1.82) is 0 Å². The van der Waals surface area contributed by atoms with E-state index in [2.05, 4.69) is 0 Å². The first-order valence-electron chi connectivity index (χ1n) is 12.0. The number of aromatic nitrogens is 2. The summed E-state index contributed by atoms with van der Waals surface area (Å²) in [5, 5.41) is 19.8. The summed E-state index contributed by atoms with van der Waals surface area (Å²) in [5.41, 5.74) is -0.845. The number of nitrogens with zero attached hydrogens (tertiary/aromatic N) is 3.